The van der Waals surface area contributed by atoms with Crippen molar-refractivity contribution in [2.75, 3.05) is 7.05 Å². The Kier molecular flexibility index (Phi) is 3.76. The minimum Gasteiger partial charge on any atom is -0.342 e. The summed E-state index contributed by atoms with van der Waals surface area (Å²) in [5, 5.41) is 0. The van der Waals surface area contributed by atoms with E-state index in [9.17, 15) is 9.59 Å². The summed E-state index contributed by atoms with van der Waals surface area (Å²) in [5.41, 5.74) is 2.45. The van der Waals surface area contributed by atoms with Gasteiger partial charge in [0.1, 0.15) is 0 Å². The van der Waals surface area contributed by atoms with Crippen molar-refractivity contribution < 1.29 is 9.59 Å². The summed E-state index contributed by atoms with van der Waals surface area (Å²) in [6.45, 7) is 8.90. The zero-order chi connectivity index (χ0) is 18.1. The number of carbonyl (C=O) groups is 2. The lowest BCUT2D eigenvalue weighted by atomic mass is 9.47. The summed E-state index contributed by atoms with van der Waals surface area (Å²) in [4.78, 5) is 27.4. The van der Waals surface area contributed by atoms with Gasteiger partial charge in [0.2, 0.25) is 5.91 Å². The number of ketones is 1. The van der Waals surface area contributed by atoms with Crippen molar-refractivity contribution in [1.29, 1.82) is 0 Å². The van der Waals surface area contributed by atoms with Gasteiger partial charge in [-0.15, -0.1) is 0 Å². The van der Waals surface area contributed by atoms with Crippen molar-refractivity contribution >= 4 is 11.7 Å². The van der Waals surface area contributed by atoms with E-state index in [1.807, 2.05) is 7.05 Å². The van der Waals surface area contributed by atoms with E-state index >= 15 is 0 Å². The van der Waals surface area contributed by atoms with Crippen molar-refractivity contribution in [3.05, 3.63) is 11.1 Å². The molecule has 3 aliphatic carbocycles. The minimum absolute atomic E-state index is 0.132. The van der Waals surface area contributed by atoms with Crippen LogP contribution in [0.4, 0.5) is 0 Å². The molecule has 0 bridgehead atoms. The fraction of sp³-hybridized carbons (Fsp3) is 0.818. The third-order valence-corrected chi connectivity index (χ3v) is 8.77. The number of Topliss-reactive ketones (excluding diaryl/α,β-unsaturated/α-hetero) is 1. The molecule has 4 aliphatic rings. The van der Waals surface area contributed by atoms with Gasteiger partial charge < -0.3 is 4.90 Å². The van der Waals surface area contributed by atoms with Crippen LogP contribution in [0.5, 0.6) is 0 Å². The van der Waals surface area contributed by atoms with Crippen LogP contribution in [0.25, 0.3) is 0 Å². The van der Waals surface area contributed by atoms with Crippen LogP contribution in [0.15, 0.2) is 11.1 Å². The van der Waals surface area contributed by atoms with E-state index in [4.69, 9.17) is 0 Å². The Bertz CT molecular complexity index is 661. The van der Waals surface area contributed by atoms with Gasteiger partial charge in [0.25, 0.3) is 0 Å². The number of rotatable bonds is 0. The molecular formula is C22H33NO2. The average Bonchev–Trinajstić information content (AvgIpc) is 2.83. The second-order valence-corrected chi connectivity index (χ2v) is 9.95. The van der Waals surface area contributed by atoms with Crippen molar-refractivity contribution in [3.8, 4) is 0 Å². The van der Waals surface area contributed by atoms with Gasteiger partial charge in [0.05, 0.1) is 0 Å². The van der Waals surface area contributed by atoms with Crippen molar-refractivity contribution in [2.24, 2.45) is 28.6 Å². The molecule has 0 radical (unpaired) electrons. The lowest BCUT2D eigenvalue weighted by Gasteiger charge is -2.61. The van der Waals surface area contributed by atoms with E-state index in [1.54, 1.807) is 0 Å². The fourth-order valence-electron chi connectivity index (χ4n) is 7.22. The Balaban J connectivity index is 1.69. The first-order valence-corrected chi connectivity index (χ1v) is 10.2. The molecule has 0 N–H and O–H groups in total. The lowest BCUT2D eigenvalue weighted by molar-refractivity contribution is -0.158. The van der Waals surface area contributed by atoms with Crippen LogP contribution in [0.1, 0.15) is 72.6 Å². The number of piperidine rings is 1. The number of likely N-dealkylation sites (tertiary alicyclic amines) is 1. The molecule has 3 saturated carbocycles. The number of amides is 1. The summed E-state index contributed by atoms with van der Waals surface area (Å²) < 4.78 is 0. The van der Waals surface area contributed by atoms with Gasteiger partial charge in [0, 0.05) is 24.9 Å². The monoisotopic (exact) mass is 343 g/mol. The lowest BCUT2D eigenvalue weighted by Crippen LogP contribution is -2.61. The molecule has 0 aromatic carbocycles. The average molecular weight is 344 g/mol. The third-order valence-electron chi connectivity index (χ3n) is 8.77. The number of nitrogens with zero attached hydrogens (tertiary/aromatic N) is 1. The molecule has 1 saturated heterocycles. The van der Waals surface area contributed by atoms with E-state index in [0.29, 0.717) is 41.9 Å². The number of fused-ring (bicyclic) bond motifs is 5. The van der Waals surface area contributed by atoms with Crippen LogP contribution in [0.3, 0.4) is 0 Å². The van der Waals surface area contributed by atoms with Crippen LogP contribution >= 0.6 is 0 Å². The number of hydrogen-bond acceptors (Lipinski definition) is 2. The van der Waals surface area contributed by atoms with Gasteiger partial charge in [-0.3, -0.25) is 9.59 Å². The molecule has 0 aromatic rings. The molecule has 3 nitrogen and oxygen atoms in total. The van der Waals surface area contributed by atoms with Crippen molar-refractivity contribution in [2.45, 2.75) is 78.7 Å². The molecule has 1 heterocycles. The second kappa shape index (κ2) is 5.44. The maximum atomic E-state index is 13.1. The molecule has 4 fully saturated rings. The normalized spacial score (nSPS) is 46.6. The van der Waals surface area contributed by atoms with E-state index in [1.165, 1.54) is 12.0 Å². The molecule has 0 spiro atoms. The quantitative estimate of drug-likeness (QED) is 0.613. The van der Waals surface area contributed by atoms with Crippen molar-refractivity contribution in [3.63, 3.8) is 0 Å². The number of hydrogen-bond donors (Lipinski definition) is 0. The van der Waals surface area contributed by atoms with E-state index in [0.717, 1.165) is 37.7 Å². The number of carbonyl (C=O) groups excluding carboxylic acids is 2. The first kappa shape index (κ1) is 17.3. The zero-order valence-corrected chi connectivity index (χ0v) is 16.5. The number of allylic oxidation sites excluding steroid dienone is 2. The molecule has 4 rings (SSSR count). The Hall–Kier alpha value is -1.12. The summed E-state index contributed by atoms with van der Waals surface area (Å²) in [6.07, 6.45) is 7.23. The SMILES string of the molecule is CC(C)=C1CC2C3CC[C@H]4N(C)C(=O)CCC4(C)C3CCC2(C)C1=O. The highest BCUT2D eigenvalue weighted by atomic mass is 16.2. The molecule has 25 heavy (non-hydrogen) atoms. The highest BCUT2D eigenvalue weighted by Crippen LogP contribution is 2.64. The highest BCUT2D eigenvalue weighted by Gasteiger charge is 2.62. The summed E-state index contributed by atoms with van der Waals surface area (Å²) in [5.74, 6) is 2.61. The first-order valence-electron chi connectivity index (χ1n) is 10.2. The van der Waals surface area contributed by atoms with Crippen LogP contribution in [0.2, 0.25) is 0 Å². The topological polar surface area (TPSA) is 37.4 Å². The smallest absolute Gasteiger partial charge is 0.222 e. The molecule has 138 valence electrons. The van der Waals surface area contributed by atoms with Gasteiger partial charge in [-0.25, -0.2) is 0 Å². The Morgan fingerprint density at radius 3 is 2.44 bits per heavy atom. The minimum atomic E-state index is -0.132. The second-order valence-electron chi connectivity index (χ2n) is 9.95. The van der Waals surface area contributed by atoms with Gasteiger partial charge in [-0.2, -0.15) is 0 Å². The Morgan fingerprint density at radius 1 is 1.04 bits per heavy atom. The van der Waals surface area contributed by atoms with Gasteiger partial charge in [-0.05, 0) is 81.1 Å². The standard InChI is InChI=1S/C22H33NO2/c1-13(2)15-12-17-14-6-7-18-21(3,11-9-19(24)23(18)5)16(14)8-10-22(17,4)20(15)25/h14,16-18H,6-12H2,1-5H3/t14?,16?,17?,18-,21?,22?/m1/s1. The van der Waals surface area contributed by atoms with Crippen LogP contribution in [0, 0.1) is 28.6 Å². The molecule has 6 atom stereocenters. The van der Waals surface area contributed by atoms with Gasteiger partial charge in [0.15, 0.2) is 5.78 Å². The van der Waals surface area contributed by atoms with E-state index in [-0.39, 0.29) is 10.8 Å². The third kappa shape index (κ3) is 2.16. The predicted molar refractivity (Wildman–Crippen MR) is 98.9 cm³/mol. The van der Waals surface area contributed by atoms with Gasteiger partial charge >= 0.3 is 0 Å². The maximum Gasteiger partial charge on any atom is 0.222 e. The molecule has 3 heteroatoms. The van der Waals surface area contributed by atoms with Crippen LogP contribution in [-0.2, 0) is 9.59 Å². The zero-order valence-electron chi connectivity index (χ0n) is 16.5. The first-order chi connectivity index (χ1) is 11.7. The molecule has 1 amide bonds. The molecule has 1 aliphatic heterocycles. The largest absolute Gasteiger partial charge is 0.342 e. The Labute approximate surface area is 152 Å². The molecular weight excluding hydrogens is 310 g/mol. The summed E-state index contributed by atoms with van der Waals surface area (Å²) >= 11 is 0. The van der Waals surface area contributed by atoms with E-state index < -0.39 is 0 Å². The summed E-state index contributed by atoms with van der Waals surface area (Å²) in [7, 11) is 2.01. The Morgan fingerprint density at radius 2 is 1.76 bits per heavy atom. The summed E-state index contributed by atoms with van der Waals surface area (Å²) in [6, 6.07) is 0.402. The van der Waals surface area contributed by atoms with Crippen LogP contribution in [-0.4, -0.2) is 29.7 Å². The maximum absolute atomic E-state index is 13.1. The van der Waals surface area contributed by atoms with E-state index in [2.05, 4.69) is 32.6 Å². The molecule has 5 unspecified atom stereocenters. The predicted octanol–water partition coefficient (Wildman–Crippen LogP) is 4.37. The van der Waals surface area contributed by atoms with Crippen molar-refractivity contribution in [1.82, 2.24) is 4.90 Å². The van der Waals surface area contributed by atoms with Crippen LogP contribution < -0.4 is 0 Å². The molecule has 0 aromatic heterocycles. The highest BCUT2D eigenvalue weighted by molar-refractivity contribution is 6.03. The van der Waals surface area contributed by atoms with Gasteiger partial charge in [-0.1, -0.05) is 19.4 Å². The fourth-order valence-corrected chi connectivity index (χ4v) is 7.22.